The first-order chi connectivity index (χ1) is 9.34. The highest BCUT2D eigenvalue weighted by molar-refractivity contribution is 5.55. The summed E-state index contributed by atoms with van der Waals surface area (Å²) < 4.78 is 7.76. The second kappa shape index (κ2) is 5.19. The third-order valence-corrected chi connectivity index (χ3v) is 3.34. The Labute approximate surface area is 120 Å². The molecule has 1 aromatic carbocycles. The molecule has 0 radical (unpaired) electrons. The molecule has 0 unspecified atom stereocenters. The normalized spacial score (nSPS) is 11.7. The highest BCUT2D eigenvalue weighted by Gasteiger charge is 2.21. The van der Waals surface area contributed by atoms with Crippen molar-refractivity contribution in [3.8, 4) is 11.6 Å². The molecule has 1 heterocycles. The molecule has 0 saturated heterocycles. The number of aromatic nitrogens is 2. The molecule has 4 heteroatoms. The van der Waals surface area contributed by atoms with Crippen LogP contribution < -0.4 is 10.5 Å². The van der Waals surface area contributed by atoms with E-state index in [1.165, 1.54) is 0 Å². The van der Waals surface area contributed by atoms with E-state index in [0.717, 1.165) is 23.4 Å². The van der Waals surface area contributed by atoms with Crippen LogP contribution in [0.3, 0.4) is 0 Å². The van der Waals surface area contributed by atoms with Gasteiger partial charge in [0.15, 0.2) is 0 Å². The zero-order valence-electron chi connectivity index (χ0n) is 12.9. The van der Waals surface area contributed by atoms with Crippen LogP contribution in [-0.4, -0.2) is 9.78 Å². The van der Waals surface area contributed by atoms with Crippen molar-refractivity contribution < 1.29 is 4.74 Å². The first-order valence-electron chi connectivity index (χ1n) is 6.93. The molecule has 0 bridgehead atoms. The maximum absolute atomic E-state index is 6.11. The molecule has 0 aliphatic carbocycles. The van der Waals surface area contributed by atoms with Crippen LogP contribution in [0.15, 0.2) is 24.3 Å². The van der Waals surface area contributed by atoms with Crippen molar-refractivity contribution in [1.82, 2.24) is 9.78 Å². The summed E-state index contributed by atoms with van der Waals surface area (Å²) in [7, 11) is 1.85. The fraction of sp³-hybridized carbons (Fsp3) is 0.438. The van der Waals surface area contributed by atoms with E-state index in [2.05, 4.69) is 31.9 Å². The first kappa shape index (κ1) is 14.4. The van der Waals surface area contributed by atoms with Crippen molar-refractivity contribution in [2.75, 3.05) is 5.73 Å². The molecule has 0 aliphatic rings. The molecule has 20 heavy (non-hydrogen) atoms. The van der Waals surface area contributed by atoms with Crippen LogP contribution >= 0.6 is 0 Å². The van der Waals surface area contributed by atoms with Crippen molar-refractivity contribution in [2.24, 2.45) is 7.05 Å². The molecular weight excluding hydrogens is 250 g/mol. The Bertz CT molecular complexity index is 609. The SMILES string of the molecule is CCc1nn(C)c(Oc2ccccc2C(C)(C)C)c1N. The van der Waals surface area contributed by atoms with Gasteiger partial charge in [0.05, 0.1) is 5.69 Å². The lowest BCUT2D eigenvalue weighted by Crippen LogP contribution is -2.12. The van der Waals surface area contributed by atoms with Gasteiger partial charge in [-0.15, -0.1) is 0 Å². The number of benzene rings is 1. The molecule has 2 N–H and O–H groups in total. The number of nitrogen functional groups attached to an aromatic ring is 1. The third kappa shape index (κ3) is 2.64. The van der Waals surface area contributed by atoms with Gasteiger partial charge in [-0.3, -0.25) is 0 Å². The van der Waals surface area contributed by atoms with Crippen molar-refractivity contribution >= 4 is 5.69 Å². The van der Waals surface area contributed by atoms with Crippen LogP contribution in [0.2, 0.25) is 0 Å². The molecule has 108 valence electrons. The van der Waals surface area contributed by atoms with Gasteiger partial charge in [0.2, 0.25) is 5.88 Å². The van der Waals surface area contributed by atoms with E-state index in [4.69, 9.17) is 10.5 Å². The van der Waals surface area contributed by atoms with Crippen molar-refractivity contribution in [3.63, 3.8) is 0 Å². The van der Waals surface area contributed by atoms with E-state index in [-0.39, 0.29) is 5.41 Å². The predicted octanol–water partition coefficient (Wildman–Crippen LogP) is 3.65. The smallest absolute Gasteiger partial charge is 0.241 e. The minimum atomic E-state index is 0.0114. The van der Waals surface area contributed by atoms with Crippen molar-refractivity contribution in [3.05, 3.63) is 35.5 Å². The van der Waals surface area contributed by atoms with E-state index in [9.17, 15) is 0 Å². The number of hydrogen-bond acceptors (Lipinski definition) is 3. The van der Waals surface area contributed by atoms with Crippen LogP contribution in [0.1, 0.15) is 39.0 Å². The Balaban J connectivity index is 2.44. The summed E-state index contributed by atoms with van der Waals surface area (Å²) >= 11 is 0. The number of hydrogen-bond donors (Lipinski definition) is 1. The van der Waals surface area contributed by atoms with Crippen LogP contribution in [-0.2, 0) is 18.9 Å². The standard InChI is InChI=1S/C16H23N3O/c1-6-12-14(17)15(19(5)18-12)20-13-10-8-7-9-11(13)16(2,3)4/h7-10H,6,17H2,1-5H3. The number of nitrogens with two attached hydrogens (primary N) is 1. The second-order valence-electron chi connectivity index (χ2n) is 5.99. The summed E-state index contributed by atoms with van der Waals surface area (Å²) in [5.74, 6) is 1.44. The lowest BCUT2D eigenvalue weighted by molar-refractivity contribution is 0.415. The lowest BCUT2D eigenvalue weighted by atomic mass is 9.86. The zero-order chi connectivity index (χ0) is 14.9. The Morgan fingerprint density at radius 3 is 2.45 bits per heavy atom. The monoisotopic (exact) mass is 273 g/mol. The van der Waals surface area contributed by atoms with Gasteiger partial charge in [0.1, 0.15) is 11.4 Å². The molecule has 2 rings (SSSR count). The minimum absolute atomic E-state index is 0.0114. The fourth-order valence-electron chi connectivity index (χ4n) is 2.24. The quantitative estimate of drug-likeness (QED) is 0.928. The van der Waals surface area contributed by atoms with E-state index in [1.807, 2.05) is 32.2 Å². The predicted molar refractivity (Wildman–Crippen MR) is 82.2 cm³/mol. The van der Waals surface area contributed by atoms with Crippen LogP contribution in [0.5, 0.6) is 11.6 Å². The summed E-state index contributed by atoms with van der Waals surface area (Å²) in [5, 5.41) is 4.38. The number of rotatable bonds is 3. The summed E-state index contributed by atoms with van der Waals surface area (Å²) in [6.45, 7) is 8.53. The summed E-state index contributed by atoms with van der Waals surface area (Å²) in [5.41, 5.74) is 8.77. The van der Waals surface area contributed by atoms with Crippen LogP contribution in [0.4, 0.5) is 5.69 Å². The number of anilines is 1. The number of ether oxygens (including phenoxy) is 1. The summed E-state index contributed by atoms with van der Waals surface area (Å²) in [4.78, 5) is 0. The third-order valence-electron chi connectivity index (χ3n) is 3.34. The Kier molecular flexibility index (Phi) is 3.75. The number of aryl methyl sites for hydroxylation is 2. The molecule has 0 amide bonds. The van der Waals surface area contributed by atoms with Gasteiger partial charge in [-0.1, -0.05) is 45.9 Å². The molecule has 0 saturated carbocycles. The van der Waals surface area contributed by atoms with Gasteiger partial charge in [0, 0.05) is 12.6 Å². The van der Waals surface area contributed by atoms with Crippen LogP contribution in [0.25, 0.3) is 0 Å². The molecule has 0 fully saturated rings. The maximum atomic E-state index is 6.11. The Morgan fingerprint density at radius 2 is 1.90 bits per heavy atom. The van der Waals surface area contributed by atoms with Crippen molar-refractivity contribution in [2.45, 2.75) is 39.5 Å². The zero-order valence-corrected chi connectivity index (χ0v) is 12.9. The van der Waals surface area contributed by atoms with E-state index >= 15 is 0 Å². The van der Waals surface area contributed by atoms with E-state index in [0.29, 0.717) is 11.6 Å². The largest absolute Gasteiger partial charge is 0.437 e. The van der Waals surface area contributed by atoms with Crippen LogP contribution in [0, 0.1) is 0 Å². The average Bonchev–Trinajstić information content (AvgIpc) is 2.65. The van der Waals surface area contributed by atoms with E-state index in [1.54, 1.807) is 4.68 Å². The highest BCUT2D eigenvalue weighted by atomic mass is 16.5. The van der Waals surface area contributed by atoms with Gasteiger partial charge >= 0.3 is 0 Å². The van der Waals surface area contributed by atoms with Crippen molar-refractivity contribution in [1.29, 1.82) is 0 Å². The fourth-order valence-corrected chi connectivity index (χ4v) is 2.24. The molecule has 1 aromatic heterocycles. The number of nitrogens with zero attached hydrogens (tertiary/aromatic N) is 2. The first-order valence-corrected chi connectivity index (χ1v) is 6.93. The van der Waals surface area contributed by atoms with Gasteiger partial charge in [-0.2, -0.15) is 5.10 Å². The molecule has 0 atom stereocenters. The number of para-hydroxylation sites is 1. The molecule has 0 aliphatic heterocycles. The lowest BCUT2D eigenvalue weighted by Gasteiger charge is -2.22. The summed E-state index contributed by atoms with van der Waals surface area (Å²) in [6.07, 6.45) is 0.796. The van der Waals surface area contributed by atoms with E-state index < -0.39 is 0 Å². The molecule has 0 spiro atoms. The van der Waals surface area contributed by atoms with Gasteiger partial charge in [-0.05, 0) is 17.9 Å². The van der Waals surface area contributed by atoms with Gasteiger partial charge in [-0.25, -0.2) is 4.68 Å². The van der Waals surface area contributed by atoms with Gasteiger partial charge < -0.3 is 10.5 Å². The Hall–Kier alpha value is -1.97. The maximum Gasteiger partial charge on any atom is 0.241 e. The highest BCUT2D eigenvalue weighted by Crippen LogP contribution is 2.36. The molecule has 2 aromatic rings. The minimum Gasteiger partial charge on any atom is -0.437 e. The molecule has 4 nitrogen and oxygen atoms in total. The second-order valence-corrected chi connectivity index (χ2v) is 5.99. The summed E-state index contributed by atoms with van der Waals surface area (Å²) in [6, 6.07) is 8.05. The topological polar surface area (TPSA) is 53.1 Å². The Morgan fingerprint density at radius 1 is 1.25 bits per heavy atom. The average molecular weight is 273 g/mol. The molecular formula is C16H23N3O. The van der Waals surface area contributed by atoms with Gasteiger partial charge in [0.25, 0.3) is 0 Å².